The van der Waals surface area contributed by atoms with Crippen molar-refractivity contribution in [2.24, 2.45) is 36.1 Å². The highest BCUT2D eigenvalue weighted by atomic mass is 35.5. The van der Waals surface area contributed by atoms with Crippen molar-refractivity contribution in [1.29, 1.82) is 0 Å². The topological polar surface area (TPSA) is 125 Å². The second kappa shape index (κ2) is 14.3. The molecule has 13 heteroatoms. The number of rotatable bonds is 7. The highest BCUT2D eigenvalue weighted by Crippen LogP contribution is 2.65. The number of allylic oxidation sites excluding steroid dienone is 3. The Morgan fingerprint density at radius 2 is 1.72 bits per heavy atom. The molecule has 1 saturated carbocycles. The van der Waals surface area contributed by atoms with Crippen molar-refractivity contribution >= 4 is 73.8 Å². The number of benzene rings is 3. The van der Waals surface area contributed by atoms with E-state index < -0.39 is 46.8 Å². The number of morpholine rings is 1. The summed E-state index contributed by atoms with van der Waals surface area (Å²) in [4.78, 5) is 65.1. The van der Waals surface area contributed by atoms with Crippen LogP contribution < -0.4 is 14.7 Å². The molecule has 6 atom stereocenters. The van der Waals surface area contributed by atoms with Gasteiger partial charge in [0.15, 0.2) is 0 Å². The van der Waals surface area contributed by atoms with Gasteiger partial charge in [0.25, 0.3) is 0 Å². The summed E-state index contributed by atoms with van der Waals surface area (Å²) in [6, 6.07) is 20.6. The number of hydrogen-bond acceptors (Lipinski definition) is 9. The Morgan fingerprint density at radius 1 is 0.967 bits per heavy atom. The lowest BCUT2D eigenvalue weighted by Gasteiger charge is -2.49. The fraction of sp³-hybridized carbons (Fsp3) is 0.340. The molecule has 3 aromatic carbocycles. The van der Waals surface area contributed by atoms with Crippen molar-refractivity contribution in [3.05, 3.63) is 113 Å². The summed E-state index contributed by atoms with van der Waals surface area (Å²) in [6.45, 7) is 10.5. The van der Waals surface area contributed by atoms with Crippen LogP contribution in [0.1, 0.15) is 42.4 Å². The van der Waals surface area contributed by atoms with E-state index in [9.17, 15) is 14.7 Å². The third-order valence-electron chi connectivity index (χ3n) is 13.8. The zero-order valence-electron chi connectivity index (χ0n) is 33.6. The number of hydrogen-bond donors (Lipinski definition) is 1. The second-order valence-electron chi connectivity index (χ2n) is 16.8. The molecular formula is C47H44ClN5O6S. The van der Waals surface area contributed by atoms with Crippen LogP contribution in [0.25, 0.3) is 20.7 Å². The van der Waals surface area contributed by atoms with E-state index in [-0.39, 0.29) is 24.0 Å². The summed E-state index contributed by atoms with van der Waals surface area (Å²) in [5.74, 6) is -4.53. The summed E-state index contributed by atoms with van der Waals surface area (Å²) >= 11 is 7.92. The molecule has 11 nitrogen and oxygen atoms in total. The van der Waals surface area contributed by atoms with Gasteiger partial charge in [-0.15, -0.1) is 17.9 Å². The third kappa shape index (κ3) is 5.60. The molecule has 2 aliphatic carbocycles. The van der Waals surface area contributed by atoms with E-state index >= 15 is 9.59 Å². The van der Waals surface area contributed by atoms with Crippen LogP contribution in [0.2, 0.25) is 5.02 Å². The number of thiophene rings is 1. The van der Waals surface area contributed by atoms with Gasteiger partial charge in [-0.2, -0.15) is 5.10 Å². The number of halogens is 1. The first-order valence-electron chi connectivity index (χ1n) is 20.5. The maximum Gasteiger partial charge on any atom is 0.242 e. The number of anilines is 3. The van der Waals surface area contributed by atoms with Crippen molar-refractivity contribution in [3.63, 3.8) is 0 Å². The molecule has 0 bridgehead atoms. The van der Waals surface area contributed by atoms with Gasteiger partial charge in [-0.05, 0) is 98.0 Å². The number of carbonyl (C=O) groups excluding carboxylic acids is 4. The minimum atomic E-state index is -1.34. The van der Waals surface area contributed by atoms with Crippen molar-refractivity contribution in [3.8, 4) is 16.3 Å². The molecule has 5 aromatic rings. The van der Waals surface area contributed by atoms with Crippen LogP contribution in [0.4, 0.5) is 17.2 Å². The predicted molar refractivity (Wildman–Crippen MR) is 232 cm³/mol. The minimum Gasteiger partial charge on any atom is -0.507 e. The maximum absolute atomic E-state index is 15.3. The standard InChI is InChI=1S/C47H44ClN5O6S/c1-5-7-26-8-6-9-32(41(26)54)40-30-15-16-31-39(45(57)52(43(31)55)29-13-11-28(12-14-29)51-18-20-59-21-19-51)34(30)23-35-44(56)53(46(58)47(35,40)3)38-24-36(49-50(38)4)42-25(2)33-22-27(48)10-17-37(33)60-42/h5-6,8-15,17,22,24,31,34-35,39-40,54H,1,7,16,18-21,23H2,2-4H3. The van der Waals surface area contributed by atoms with E-state index in [4.69, 9.17) is 21.4 Å². The Morgan fingerprint density at radius 3 is 2.47 bits per heavy atom. The first-order chi connectivity index (χ1) is 28.9. The first-order valence-corrected chi connectivity index (χ1v) is 21.6. The molecule has 3 aliphatic heterocycles. The Bertz CT molecular complexity index is 2700. The van der Waals surface area contributed by atoms with Crippen LogP contribution >= 0.6 is 22.9 Å². The number of ether oxygens (including phenoxy) is 1. The smallest absolute Gasteiger partial charge is 0.242 e. The Labute approximate surface area is 356 Å². The average molecular weight is 842 g/mol. The SMILES string of the molecule is C=CCc1cccc(C2C3=CCC4C(=O)N(c5ccc(N6CCOCC6)cc5)C(=O)C4C3CC3C(=O)N(c4cc(-c5sc6ccc(Cl)cc6c5C)nn4C)C(=O)C32C)c1O. The van der Waals surface area contributed by atoms with E-state index in [2.05, 4.69) is 11.5 Å². The number of nitrogens with zero attached hydrogens (tertiary/aromatic N) is 5. The number of amides is 4. The monoisotopic (exact) mass is 841 g/mol. The van der Waals surface area contributed by atoms with Crippen LogP contribution in [-0.2, 0) is 37.4 Å². The fourth-order valence-corrected chi connectivity index (χ4v) is 12.2. The van der Waals surface area contributed by atoms with Crippen molar-refractivity contribution in [1.82, 2.24) is 9.78 Å². The second-order valence-corrected chi connectivity index (χ2v) is 18.3. The van der Waals surface area contributed by atoms with Crippen molar-refractivity contribution in [2.45, 2.75) is 39.0 Å². The third-order valence-corrected chi connectivity index (χ3v) is 15.3. The molecule has 306 valence electrons. The van der Waals surface area contributed by atoms with E-state index in [1.165, 1.54) is 9.80 Å². The van der Waals surface area contributed by atoms with Crippen molar-refractivity contribution < 1.29 is 29.0 Å². The zero-order chi connectivity index (χ0) is 41.8. The molecule has 10 rings (SSSR count). The lowest BCUT2D eigenvalue weighted by Crippen LogP contribution is -2.49. The number of fused-ring (bicyclic) bond motifs is 5. The molecule has 6 unspecified atom stereocenters. The molecule has 0 spiro atoms. The number of aryl methyl sites for hydroxylation is 2. The molecule has 4 fully saturated rings. The lowest BCUT2D eigenvalue weighted by atomic mass is 9.51. The lowest BCUT2D eigenvalue weighted by molar-refractivity contribution is -0.131. The Balaban J connectivity index is 1.05. The van der Waals surface area contributed by atoms with Gasteiger partial charge in [0.2, 0.25) is 23.6 Å². The number of phenolic OH excluding ortho intramolecular Hbond substituents is 1. The number of carbonyl (C=O) groups is 4. The van der Waals surface area contributed by atoms with Gasteiger partial charge in [0, 0.05) is 53.1 Å². The Kier molecular flexibility index (Phi) is 9.19. The fourth-order valence-electron chi connectivity index (χ4n) is 10.8. The van der Waals surface area contributed by atoms with Crippen LogP contribution in [0, 0.1) is 36.0 Å². The van der Waals surface area contributed by atoms with Gasteiger partial charge < -0.3 is 14.7 Å². The quantitative estimate of drug-likeness (QED) is 0.129. The summed E-state index contributed by atoms with van der Waals surface area (Å²) < 4.78 is 8.13. The number of imide groups is 2. The largest absolute Gasteiger partial charge is 0.507 e. The van der Waals surface area contributed by atoms with Crippen LogP contribution in [0.3, 0.4) is 0 Å². The van der Waals surface area contributed by atoms with Gasteiger partial charge in [-0.1, -0.05) is 47.5 Å². The van der Waals surface area contributed by atoms with Gasteiger partial charge >= 0.3 is 0 Å². The van der Waals surface area contributed by atoms with Gasteiger partial charge in [-0.3, -0.25) is 28.8 Å². The van der Waals surface area contributed by atoms with Crippen LogP contribution in [-0.4, -0.2) is 64.8 Å². The molecular weight excluding hydrogens is 798 g/mol. The minimum absolute atomic E-state index is 0.0312. The summed E-state index contributed by atoms with van der Waals surface area (Å²) in [5.41, 5.74) is 3.74. The van der Waals surface area contributed by atoms with E-state index in [0.29, 0.717) is 59.4 Å². The Hall–Kier alpha value is -5.56. The van der Waals surface area contributed by atoms with E-state index in [1.54, 1.807) is 35.2 Å². The summed E-state index contributed by atoms with van der Waals surface area (Å²) in [5, 5.41) is 18.4. The van der Waals surface area contributed by atoms with Crippen LogP contribution in [0.15, 0.2) is 91.0 Å². The number of aromatic nitrogens is 2. The van der Waals surface area contributed by atoms with Gasteiger partial charge in [0.05, 0.1) is 46.9 Å². The molecule has 4 amide bonds. The molecule has 5 aliphatic rings. The highest BCUT2D eigenvalue weighted by Gasteiger charge is 2.68. The zero-order valence-corrected chi connectivity index (χ0v) is 35.1. The highest BCUT2D eigenvalue weighted by molar-refractivity contribution is 7.22. The average Bonchev–Trinajstić information content (AvgIpc) is 3.92. The number of phenols is 1. The molecule has 5 heterocycles. The molecule has 0 radical (unpaired) electrons. The molecule has 2 aromatic heterocycles. The van der Waals surface area contributed by atoms with E-state index in [1.807, 2.05) is 80.6 Å². The molecule has 3 saturated heterocycles. The molecule has 1 N–H and O–H groups in total. The normalized spacial score (nSPS) is 26.4. The maximum atomic E-state index is 15.3. The molecule has 60 heavy (non-hydrogen) atoms. The van der Waals surface area contributed by atoms with E-state index in [0.717, 1.165) is 44.9 Å². The van der Waals surface area contributed by atoms with Gasteiger partial charge in [0.1, 0.15) is 17.3 Å². The number of para-hydroxylation sites is 1. The summed E-state index contributed by atoms with van der Waals surface area (Å²) in [7, 11) is 1.73. The first kappa shape index (κ1) is 38.6. The van der Waals surface area contributed by atoms with Gasteiger partial charge in [-0.25, -0.2) is 4.90 Å². The predicted octanol–water partition coefficient (Wildman–Crippen LogP) is 7.97. The van der Waals surface area contributed by atoms with Crippen LogP contribution in [0.5, 0.6) is 5.75 Å². The summed E-state index contributed by atoms with van der Waals surface area (Å²) in [6.07, 6.45) is 4.60. The van der Waals surface area contributed by atoms with Crippen molar-refractivity contribution in [2.75, 3.05) is 41.0 Å². The number of aromatic hydroxyl groups is 1.